The highest BCUT2D eigenvalue weighted by Gasteiger charge is 2.10. The molecule has 0 saturated heterocycles. The Morgan fingerprint density at radius 1 is 1.25 bits per heavy atom. The number of hydrogen-bond acceptors (Lipinski definition) is 4. The number of ether oxygens (including phenoxy) is 2. The van der Waals surface area contributed by atoms with Crippen molar-refractivity contribution in [2.45, 2.75) is 17.7 Å². The zero-order valence-electron chi connectivity index (χ0n) is 9.78. The number of rotatable bonds is 6. The van der Waals surface area contributed by atoms with Crippen LogP contribution in [0, 0.1) is 0 Å². The minimum Gasteiger partial charge on any atom is -0.493 e. The largest absolute Gasteiger partial charge is 0.493 e. The maximum atomic E-state index is 10.4. The van der Waals surface area contributed by atoms with E-state index < -0.39 is 0 Å². The van der Waals surface area contributed by atoms with Crippen LogP contribution in [0.25, 0.3) is 0 Å². The predicted octanol–water partition coefficient (Wildman–Crippen LogP) is 2.56. The van der Waals surface area contributed by atoms with Gasteiger partial charge in [0.25, 0.3) is 0 Å². The number of aryl methyl sites for hydroxylation is 1. The molecule has 0 spiro atoms. The molecule has 0 radical (unpaired) electrons. The van der Waals surface area contributed by atoms with Crippen LogP contribution in [0.1, 0.15) is 12.0 Å². The molecule has 0 aliphatic heterocycles. The Morgan fingerprint density at radius 3 is 2.38 bits per heavy atom. The predicted molar refractivity (Wildman–Crippen MR) is 65.7 cm³/mol. The molecule has 0 heterocycles. The van der Waals surface area contributed by atoms with Crippen LogP contribution < -0.4 is 9.47 Å². The second-order valence-corrected chi connectivity index (χ2v) is 4.07. The summed E-state index contributed by atoms with van der Waals surface area (Å²) < 4.78 is 10.5. The summed E-state index contributed by atoms with van der Waals surface area (Å²) in [6, 6.07) is 3.89. The van der Waals surface area contributed by atoms with Gasteiger partial charge in [-0.1, -0.05) is 0 Å². The van der Waals surface area contributed by atoms with Gasteiger partial charge < -0.3 is 14.3 Å². The van der Waals surface area contributed by atoms with Gasteiger partial charge in [-0.05, 0) is 30.4 Å². The highest BCUT2D eigenvalue weighted by molar-refractivity contribution is 7.98. The molecule has 1 aromatic carbocycles. The summed E-state index contributed by atoms with van der Waals surface area (Å²) in [6.07, 6.45) is 4.20. The van der Waals surface area contributed by atoms with Gasteiger partial charge in [0.15, 0.2) is 11.5 Å². The van der Waals surface area contributed by atoms with Crippen molar-refractivity contribution in [3.63, 3.8) is 0 Å². The second kappa shape index (κ2) is 6.43. The molecule has 16 heavy (non-hydrogen) atoms. The summed E-state index contributed by atoms with van der Waals surface area (Å²) in [5.41, 5.74) is 1.12. The average molecular weight is 240 g/mol. The monoisotopic (exact) mass is 240 g/mol. The Bertz CT molecular complexity index is 364. The molecule has 0 atom stereocenters. The highest BCUT2D eigenvalue weighted by Crippen LogP contribution is 2.34. The fourth-order valence-electron chi connectivity index (χ4n) is 1.50. The summed E-state index contributed by atoms with van der Waals surface area (Å²) in [5, 5.41) is 0. The summed E-state index contributed by atoms with van der Waals surface area (Å²) >= 11 is 1.64. The molecular weight excluding hydrogens is 224 g/mol. The van der Waals surface area contributed by atoms with E-state index in [1.807, 2.05) is 18.4 Å². The Balaban J connectivity index is 3.09. The zero-order chi connectivity index (χ0) is 12.0. The number of carbonyl (C=O) groups excluding carboxylic acids is 1. The fraction of sp³-hybridized carbons (Fsp3) is 0.417. The van der Waals surface area contributed by atoms with Crippen molar-refractivity contribution >= 4 is 18.0 Å². The first-order chi connectivity index (χ1) is 7.76. The van der Waals surface area contributed by atoms with Gasteiger partial charge in [-0.15, -0.1) is 11.8 Å². The van der Waals surface area contributed by atoms with Crippen molar-refractivity contribution in [2.75, 3.05) is 20.5 Å². The van der Waals surface area contributed by atoms with Crippen LogP contribution >= 0.6 is 11.8 Å². The molecule has 0 fully saturated rings. The molecule has 3 nitrogen and oxygen atoms in total. The third-order valence-electron chi connectivity index (χ3n) is 2.32. The molecule has 0 saturated carbocycles. The normalized spacial score (nSPS) is 9.94. The van der Waals surface area contributed by atoms with Gasteiger partial charge in [0.05, 0.1) is 14.2 Å². The van der Waals surface area contributed by atoms with Crippen molar-refractivity contribution < 1.29 is 14.3 Å². The van der Waals surface area contributed by atoms with Crippen molar-refractivity contribution in [2.24, 2.45) is 0 Å². The molecule has 88 valence electrons. The molecule has 0 unspecified atom stereocenters. The van der Waals surface area contributed by atoms with Gasteiger partial charge >= 0.3 is 0 Å². The maximum Gasteiger partial charge on any atom is 0.161 e. The first kappa shape index (κ1) is 12.9. The van der Waals surface area contributed by atoms with E-state index in [1.54, 1.807) is 26.0 Å². The van der Waals surface area contributed by atoms with E-state index in [0.29, 0.717) is 12.2 Å². The minimum atomic E-state index is 0.531. The lowest BCUT2D eigenvalue weighted by molar-refractivity contribution is -0.107. The topological polar surface area (TPSA) is 35.5 Å². The number of benzene rings is 1. The van der Waals surface area contributed by atoms with E-state index in [1.165, 1.54) is 0 Å². The number of carbonyl (C=O) groups is 1. The third kappa shape index (κ3) is 2.92. The van der Waals surface area contributed by atoms with E-state index in [4.69, 9.17) is 9.47 Å². The van der Waals surface area contributed by atoms with Crippen LogP contribution in [0.2, 0.25) is 0 Å². The molecule has 0 aromatic heterocycles. The zero-order valence-corrected chi connectivity index (χ0v) is 10.6. The van der Waals surface area contributed by atoms with Crippen LogP contribution in [-0.2, 0) is 11.2 Å². The SMILES string of the molecule is COc1cc(CCC=O)c(SC)cc1OC. The van der Waals surface area contributed by atoms with Crippen molar-refractivity contribution in [3.8, 4) is 11.5 Å². The Hall–Kier alpha value is -1.16. The van der Waals surface area contributed by atoms with E-state index >= 15 is 0 Å². The van der Waals surface area contributed by atoms with Crippen molar-refractivity contribution in [3.05, 3.63) is 17.7 Å². The van der Waals surface area contributed by atoms with Crippen molar-refractivity contribution in [1.82, 2.24) is 0 Å². The molecular formula is C12H16O3S. The number of thioether (sulfide) groups is 1. The fourth-order valence-corrected chi connectivity index (χ4v) is 2.15. The molecule has 0 amide bonds. The lowest BCUT2D eigenvalue weighted by Gasteiger charge is -2.12. The number of hydrogen-bond donors (Lipinski definition) is 0. The molecule has 0 aliphatic rings. The van der Waals surface area contributed by atoms with Gasteiger partial charge in [-0.3, -0.25) is 0 Å². The Kier molecular flexibility index (Phi) is 5.19. The lowest BCUT2D eigenvalue weighted by Crippen LogP contribution is -1.96. The summed E-state index contributed by atoms with van der Waals surface area (Å²) in [6.45, 7) is 0. The van der Waals surface area contributed by atoms with Gasteiger partial charge in [-0.25, -0.2) is 0 Å². The maximum absolute atomic E-state index is 10.4. The smallest absolute Gasteiger partial charge is 0.161 e. The van der Waals surface area contributed by atoms with Gasteiger partial charge in [0.2, 0.25) is 0 Å². The van der Waals surface area contributed by atoms with Gasteiger partial charge in [0, 0.05) is 11.3 Å². The summed E-state index contributed by atoms with van der Waals surface area (Å²) in [7, 11) is 3.23. The van der Waals surface area contributed by atoms with Crippen molar-refractivity contribution in [1.29, 1.82) is 0 Å². The highest BCUT2D eigenvalue weighted by atomic mass is 32.2. The van der Waals surface area contributed by atoms with Gasteiger partial charge in [0.1, 0.15) is 6.29 Å². The molecule has 0 aliphatic carbocycles. The summed E-state index contributed by atoms with van der Waals surface area (Å²) in [5.74, 6) is 1.43. The standard InChI is InChI=1S/C12H16O3S/c1-14-10-7-9(5-4-6-13)12(16-3)8-11(10)15-2/h6-8H,4-5H2,1-3H3. The van der Waals surface area contributed by atoms with Crippen LogP contribution in [0.5, 0.6) is 11.5 Å². The van der Waals surface area contributed by atoms with Crippen LogP contribution in [0.15, 0.2) is 17.0 Å². The average Bonchev–Trinajstić information content (AvgIpc) is 2.35. The van der Waals surface area contributed by atoms with E-state index in [0.717, 1.165) is 28.9 Å². The second-order valence-electron chi connectivity index (χ2n) is 3.22. The van der Waals surface area contributed by atoms with Crippen LogP contribution in [-0.4, -0.2) is 26.8 Å². The van der Waals surface area contributed by atoms with E-state index in [-0.39, 0.29) is 0 Å². The first-order valence-corrected chi connectivity index (χ1v) is 6.21. The molecule has 1 rings (SSSR count). The van der Waals surface area contributed by atoms with E-state index in [2.05, 4.69) is 0 Å². The van der Waals surface area contributed by atoms with Gasteiger partial charge in [-0.2, -0.15) is 0 Å². The number of aldehydes is 1. The molecule has 0 bridgehead atoms. The lowest BCUT2D eigenvalue weighted by atomic mass is 10.1. The molecule has 1 aromatic rings. The quantitative estimate of drug-likeness (QED) is 0.565. The number of methoxy groups -OCH3 is 2. The summed E-state index contributed by atoms with van der Waals surface area (Å²) in [4.78, 5) is 11.5. The third-order valence-corrected chi connectivity index (χ3v) is 3.14. The first-order valence-electron chi connectivity index (χ1n) is 4.99. The van der Waals surface area contributed by atoms with E-state index in [9.17, 15) is 4.79 Å². The van der Waals surface area contributed by atoms with Crippen LogP contribution in [0.3, 0.4) is 0 Å². The molecule has 0 N–H and O–H groups in total. The Labute approximate surface area is 100 Å². The minimum absolute atomic E-state index is 0.531. The molecule has 4 heteroatoms. The Morgan fingerprint density at radius 2 is 1.88 bits per heavy atom. The van der Waals surface area contributed by atoms with Crippen LogP contribution in [0.4, 0.5) is 0 Å².